The average Bonchev–Trinajstić information content (AvgIpc) is 2.45. The number of hydrogen-bond acceptors (Lipinski definition) is 3. The largest absolute Gasteiger partial charge is 0.484 e. The SMILES string of the molecule is CNCCNC(=O)COc1ccc2ccccc2c1.Cl. The Hall–Kier alpha value is -1.78. The van der Waals surface area contributed by atoms with Crippen molar-refractivity contribution in [2.24, 2.45) is 0 Å². The lowest BCUT2D eigenvalue weighted by Crippen LogP contribution is -2.33. The average molecular weight is 295 g/mol. The second kappa shape index (κ2) is 8.40. The Morgan fingerprint density at radius 3 is 2.60 bits per heavy atom. The lowest BCUT2D eigenvalue weighted by molar-refractivity contribution is -0.123. The minimum atomic E-state index is -0.108. The minimum absolute atomic E-state index is 0. The summed E-state index contributed by atoms with van der Waals surface area (Å²) >= 11 is 0. The van der Waals surface area contributed by atoms with Gasteiger partial charge < -0.3 is 15.4 Å². The lowest BCUT2D eigenvalue weighted by Gasteiger charge is -2.08. The molecule has 0 spiro atoms. The number of amides is 1. The summed E-state index contributed by atoms with van der Waals surface area (Å²) in [6.45, 7) is 1.40. The van der Waals surface area contributed by atoms with Gasteiger partial charge in [0, 0.05) is 13.1 Å². The quantitative estimate of drug-likeness (QED) is 0.801. The number of nitrogens with one attached hydrogen (secondary N) is 2. The fraction of sp³-hybridized carbons (Fsp3) is 0.267. The van der Waals surface area contributed by atoms with Crippen LogP contribution in [0.5, 0.6) is 5.75 Å². The molecule has 0 saturated heterocycles. The fourth-order valence-electron chi connectivity index (χ4n) is 1.78. The molecule has 2 aromatic rings. The Morgan fingerprint density at radius 1 is 1.10 bits per heavy atom. The minimum Gasteiger partial charge on any atom is -0.484 e. The second-order valence-electron chi connectivity index (χ2n) is 4.25. The molecule has 0 fully saturated rings. The molecule has 1 amide bonds. The van der Waals surface area contributed by atoms with Crippen LogP contribution in [0.3, 0.4) is 0 Å². The molecule has 0 radical (unpaired) electrons. The van der Waals surface area contributed by atoms with Crippen molar-refractivity contribution >= 4 is 29.1 Å². The van der Waals surface area contributed by atoms with Gasteiger partial charge in [0.15, 0.2) is 6.61 Å². The third kappa shape index (κ3) is 4.72. The topological polar surface area (TPSA) is 50.4 Å². The van der Waals surface area contributed by atoms with Gasteiger partial charge in [-0.15, -0.1) is 12.4 Å². The summed E-state index contributed by atoms with van der Waals surface area (Å²) in [6, 6.07) is 13.9. The molecular formula is C15H19ClN2O2. The summed E-state index contributed by atoms with van der Waals surface area (Å²) in [5, 5.41) is 7.99. The van der Waals surface area contributed by atoms with Crippen molar-refractivity contribution < 1.29 is 9.53 Å². The predicted octanol–water partition coefficient (Wildman–Crippen LogP) is 1.98. The van der Waals surface area contributed by atoms with Crippen LogP contribution in [0.15, 0.2) is 42.5 Å². The van der Waals surface area contributed by atoms with E-state index in [2.05, 4.69) is 10.6 Å². The number of rotatable bonds is 6. The number of carbonyl (C=O) groups excluding carboxylic acids is 1. The van der Waals surface area contributed by atoms with E-state index in [4.69, 9.17) is 4.74 Å². The summed E-state index contributed by atoms with van der Waals surface area (Å²) in [5.41, 5.74) is 0. The molecule has 0 aromatic heterocycles. The molecule has 0 atom stereocenters. The molecule has 2 N–H and O–H groups in total. The van der Waals surface area contributed by atoms with E-state index in [-0.39, 0.29) is 24.9 Å². The first-order valence-electron chi connectivity index (χ1n) is 6.32. The van der Waals surface area contributed by atoms with Crippen molar-refractivity contribution in [2.45, 2.75) is 0 Å². The highest BCUT2D eigenvalue weighted by molar-refractivity contribution is 5.85. The van der Waals surface area contributed by atoms with Gasteiger partial charge in [0.2, 0.25) is 0 Å². The Morgan fingerprint density at radius 2 is 1.85 bits per heavy atom. The molecule has 5 heteroatoms. The number of likely N-dealkylation sites (N-methyl/N-ethyl adjacent to an activating group) is 1. The number of benzene rings is 2. The normalized spacial score (nSPS) is 9.85. The molecule has 108 valence electrons. The predicted molar refractivity (Wildman–Crippen MR) is 83.6 cm³/mol. The van der Waals surface area contributed by atoms with Gasteiger partial charge in [-0.25, -0.2) is 0 Å². The van der Waals surface area contributed by atoms with Gasteiger partial charge in [-0.05, 0) is 30.0 Å². The zero-order chi connectivity index (χ0) is 13.5. The highest BCUT2D eigenvalue weighted by Gasteiger charge is 2.02. The van der Waals surface area contributed by atoms with E-state index in [0.29, 0.717) is 12.3 Å². The van der Waals surface area contributed by atoms with Gasteiger partial charge in [0.25, 0.3) is 5.91 Å². The van der Waals surface area contributed by atoms with E-state index in [9.17, 15) is 4.79 Å². The molecule has 4 nitrogen and oxygen atoms in total. The highest BCUT2D eigenvalue weighted by atomic mass is 35.5. The van der Waals surface area contributed by atoms with Crippen molar-refractivity contribution in [1.29, 1.82) is 0 Å². The monoisotopic (exact) mass is 294 g/mol. The fourth-order valence-corrected chi connectivity index (χ4v) is 1.78. The van der Waals surface area contributed by atoms with Crippen LogP contribution in [0.2, 0.25) is 0 Å². The zero-order valence-corrected chi connectivity index (χ0v) is 12.2. The first kappa shape index (κ1) is 16.3. The molecular weight excluding hydrogens is 276 g/mol. The van der Waals surface area contributed by atoms with Gasteiger partial charge in [-0.3, -0.25) is 4.79 Å². The van der Waals surface area contributed by atoms with Crippen LogP contribution in [0, 0.1) is 0 Å². The maximum absolute atomic E-state index is 11.5. The Labute approximate surface area is 124 Å². The molecule has 0 saturated carbocycles. The molecule has 0 aliphatic carbocycles. The number of carbonyl (C=O) groups is 1. The van der Waals surface area contributed by atoms with E-state index in [1.54, 1.807) is 0 Å². The van der Waals surface area contributed by atoms with E-state index in [0.717, 1.165) is 17.3 Å². The first-order chi connectivity index (χ1) is 9.29. The summed E-state index contributed by atoms with van der Waals surface area (Å²) in [4.78, 5) is 11.5. The van der Waals surface area contributed by atoms with Crippen molar-refractivity contribution in [3.05, 3.63) is 42.5 Å². The molecule has 2 aromatic carbocycles. The molecule has 0 bridgehead atoms. The van der Waals surface area contributed by atoms with Crippen LogP contribution >= 0.6 is 12.4 Å². The molecule has 2 rings (SSSR count). The molecule has 0 aliphatic rings. The lowest BCUT2D eigenvalue weighted by atomic mass is 10.1. The van der Waals surface area contributed by atoms with Gasteiger partial charge in [0.1, 0.15) is 5.75 Å². The van der Waals surface area contributed by atoms with Crippen molar-refractivity contribution in [3.63, 3.8) is 0 Å². The Balaban J connectivity index is 0.00000200. The Bertz CT molecular complexity index is 560. The van der Waals surface area contributed by atoms with Gasteiger partial charge in [0.05, 0.1) is 0 Å². The maximum atomic E-state index is 11.5. The van der Waals surface area contributed by atoms with Crippen LogP contribution in [-0.4, -0.2) is 32.7 Å². The number of ether oxygens (including phenoxy) is 1. The standard InChI is InChI=1S/C15H18N2O2.ClH/c1-16-8-9-17-15(18)11-19-14-7-6-12-4-2-3-5-13(12)10-14;/h2-7,10,16H,8-9,11H2,1H3,(H,17,18);1H. The van der Waals surface area contributed by atoms with Gasteiger partial charge in [-0.2, -0.15) is 0 Å². The van der Waals surface area contributed by atoms with E-state index >= 15 is 0 Å². The zero-order valence-electron chi connectivity index (χ0n) is 11.4. The smallest absolute Gasteiger partial charge is 0.257 e. The molecule has 20 heavy (non-hydrogen) atoms. The third-order valence-electron chi connectivity index (χ3n) is 2.79. The van der Waals surface area contributed by atoms with Crippen LogP contribution in [0.1, 0.15) is 0 Å². The van der Waals surface area contributed by atoms with Crippen molar-refractivity contribution in [3.8, 4) is 5.75 Å². The van der Waals surface area contributed by atoms with E-state index < -0.39 is 0 Å². The number of fused-ring (bicyclic) bond motifs is 1. The van der Waals surface area contributed by atoms with Gasteiger partial charge >= 0.3 is 0 Å². The van der Waals surface area contributed by atoms with E-state index in [1.165, 1.54) is 0 Å². The second-order valence-corrected chi connectivity index (χ2v) is 4.25. The Kier molecular flexibility index (Phi) is 6.84. The summed E-state index contributed by atoms with van der Waals surface area (Å²) < 4.78 is 5.47. The molecule has 0 aliphatic heterocycles. The van der Waals surface area contributed by atoms with Crippen LogP contribution in [0.25, 0.3) is 10.8 Å². The third-order valence-corrected chi connectivity index (χ3v) is 2.79. The summed E-state index contributed by atoms with van der Waals surface area (Å²) in [7, 11) is 1.84. The molecule has 0 unspecified atom stereocenters. The van der Waals surface area contributed by atoms with Gasteiger partial charge in [-0.1, -0.05) is 30.3 Å². The first-order valence-corrected chi connectivity index (χ1v) is 6.32. The van der Waals surface area contributed by atoms with E-state index in [1.807, 2.05) is 49.5 Å². The molecule has 0 heterocycles. The van der Waals surface area contributed by atoms with Crippen LogP contribution in [-0.2, 0) is 4.79 Å². The van der Waals surface area contributed by atoms with Crippen LogP contribution < -0.4 is 15.4 Å². The number of hydrogen-bond donors (Lipinski definition) is 2. The number of halogens is 1. The summed E-state index contributed by atoms with van der Waals surface area (Å²) in [6.07, 6.45) is 0. The highest BCUT2D eigenvalue weighted by Crippen LogP contribution is 2.20. The van der Waals surface area contributed by atoms with Crippen LogP contribution in [0.4, 0.5) is 0 Å². The van der Waals surface area contributed by atoms with Crippen molar-refractivity contribution in [1.82, 2.24) is 10.6 Å². The summed E-state index contributed by atoms with van der Waals surface area (Å²) in [5.74, 6) is 0.603. The van der Waals surface area contributed by atoms with Crippen molar-refractivity contribution in [2.75, 3.05) is 26.7 Å². The maximum Gasteiger partial charge on any atom is 0.257 e.